The molecule has 2 aromatic heterocycles. The molecule has 0 bridgehead atoms. The molecular weight excluding hydrogens is 419 g/mol. The lowest BCUT2D eigenvalue weighted by Gasteiger charge is -2.18. The first-order valence-electron chi connectivity index (χ1n) is 9.16. The molecule has 1 N–H and O–H groups in total. The van der Waals surface area contributed by atoms with Gasteiger partial charge < -0.3 is 5.32 Å². The molecule has 9 heteroatoms. The van der Waals surface area contributed by atoms with E-state index in [-0.39, 0.29) is 17.3 Å². The molecule has 0 radical (unpaired) electrons. The van der Waals surface area contributed by atoms with Crippen molar-refractivity contribution in [1.82, 2.24) is 9.97 Å². The van der Waals surface area contributed by atoms with Gasteiger partial charge in [-0.2, -0.15) is 13.2 Å². The van der Waals surface area contributed by atoms with E-state index in [2.05, 4.69) is 22.2 Å². The normalized spacial score (nSPS) is 16.6. The minimum atomic E-state index is -4.45. The summed E-state index contributed by atoms with van der Waals surface area (Å²) in [5.74, 6) is 0.334. The zero-order chi connectivity index (χ0) is 20.6. The van der Waals surface area contributed by atoms with Gasteiger partial charge in [0.1, 0.15) is 16.2 Å². The number of thioether (sulfide) groups is 1. The van der Waals surface area contributed by atoms with Crippen molar-refractivity contribution >= 4 is 44.9 Å². The van der Waals surface area contributed by atoms with Gasteiger partial charge in [0, 0.05) is 16.0 Å². The molecule has 4 nitrogen and oxygen atoms in total. The van der Waals surface area contributed by atoms with Crippen molar-refractivity contribution in [2.24, 2.45) is 5.92 Å². The van der Waals surface area contributed by atoms with Crippen LogP contribution in [0, 0.1) is 5.92 Å². The number of carbonyl (C=O) groups excluding carboxylic acids is 1. The number of amides is 1. The Morgan fingerprint density at radius 3 is 2.97 bits per heavy atom. The number of carbonyl (C=O) groups is 1. The highest BCUT2D eigenvalue weighted by Gasteiger charge is 2.30. The van der Waals surface area contributed by atoms with Crippen LogP contribution in [0.25, 0.3) is 10.2 Å². The van der Waals surface area contributed by atoms with Crippen LogP contribution in [0.5, 0.6) is 0 Å². The summed E-state index contributed by atoms with van der Waals surface area (Å²) in [6.07, 6.45) is 0.191. The Bertz CT molecular complexity index is 1060. The molecule has 152 valence electrons. The third-order valence-electron chi connectivity index (χ3n) is 4.87. The van der Waals surface area contributed by atoms with Gasteiger partial charge in [-0.05, 0) is 48.9 Å². The summed E-state index contributed by atoms with van der Waals surface area (Å²) < 4.78 is 38.5. The highest BCUT2D eigenvalue weighted by Crippen LogP contribution is 2.40. The maximum atomic E-state index is 12.8. The Morgan fingerprint density at radius 2 is 2.17 bits per heavy atom. The Balaban J connectivity index is 1.48. The van der Waals surface area contributed by atoms with Crippen molar-refractivity contribution in [3.63, 3.8) is 0 Å². The van der Waals surface area contributed by atoms with Gasteiger partial charge in [-0.3, -0.25) is 4.79 Å². The Morgan fingerprint density at radius 1 is 1.34 bits per heavy atom. The number of hydrogen-bond donors (Lipinski definition) is 1. The minimum absolute atomic E-state index is 0.0589. The average molecular weight is 438 g/mol. The fourth-order valence-electron chi connectivity index (χ4n) is 3.46. The van der Waals surface area contributed by atoms with E-state index < -0.39 is 11.7 Å². The van der Waals surface area contributed by atoms with Crippen LogP contribution in [-0.2, 0) is 23.8 Å². The molecule has 0 fully saturated rings. The van der Waals surface area contributed by atoms with Crippen LogP contribution < -0.4 is 5.32 Å². The van der Waals surface area contributed by atoms with E-state index in [0.29, 0.717) is 5.92 Å². The van der Waals surface area contributed by atoms with Crippen molar-refractivity contribution in [3.05, 3.63) is 46.6 Å². The topological polar surface area (TPSA) is 54.9 Å². The van der Waals surface area contributed by atoms with Crippen molar-refractivity contribution in [2.75, 3.05) is 11.1 Å². The summed E-state index contributed by atoms with van der Waals surface area (Å²) in [6, 6.07) is 4.62. The van der Waals surface area contributed by atoms with Gasteiger partial charge in [0.2, 0.25) is 5.91 Å². The summed E-state index contributed by atoms with van der Waals surface area (Å²) in [6.45, 7) is 2.24. The Hall–Kier alpha value is -2.13. The molecule has 3 aromatic rings. The molecule has 1 atom stereocenters. The molecule has 1 aliphatic rings. The van der Waals surface area contributed by atoms with Crippen molar-refractivity contribution in [2.45, 2.75) is 37.4 Å². The monoisotopic (exact) mass is 437 g/mol. The summed E-state index contributed by atoms with van der Waals surface area (Å²) in [5, 5.41) is 4.31. The molecule has 0 spiro atoms. The van der Waals surface area contributed by atoms with Crippen molar-refractivity contribution < 1.29 is 18.0 Å². The van der Waals surface area contributed by atoms with E-state index >= 15 is 0 Å². The molecule has 1 aromatic carbocycles. The molecule has 0 saturated carbocycles. The number of halogens is 3. The van der Waals surface area contributed by atoms with Gasteiger partial charge in [0.15, 0.2) is 0 Å². The molecule has 4 rings (SSSR count). The van der Waals surface area contributed by atoms with Crippen LogP contribution in [0.2, 0.25) is 0 Å². The summed E-state index contributed by atoms with van der Waals surface area (Å²) in [5.41, 5.74) is 0.615. The van der Waals surface area contributed by atoms with E-state index in [0.717, 1.165) is 46.6 Å². The van der Waals surface area contributed by atoms with Gasteiger partial charge in [0.05, 0.1) is 11.3 Å². The number of anilines is 1. The van der Waals surface area contributed by atoms with Crippen LogP contribution in [0.4, 0.5) is 18.9 Å². The fraction of sp³-hybridized carbons (Fsp3) is 0.350. The molecule has 29 heavy (non-hydrogen) atoms. The Labute approximate surface area is 173 Å². The molecule has 2 heterocycles. The predicted octanol–water partition coefficient (Wildman–Crippen LogP) is 5.57. The van der Waals surface area contributed by atoms with Crippen LogP contribution >= 0.6 is 23.1 Å². The number of nitrogens with one attached hydrogen (secondary N) is 1. The highest BCUT2D eigenvalue weighted by molar-refractivity contribution is 8.00. The van der Waals surface area contributed by atoms with Gasteiger partial charge in [-0.15, -0.1) is 11.3 Å². The number of hydrogen-bond acceptors (Lipinski definition) is 5. The number of rotatable bonds is 4. The number of aryl methyl sites for hydroxylation is 1. The van der Waals surface area contributed by atoms with Crippen LogP contribution in [-0.4, -0.2) is 21.6 Å². The smallest absolute Gasteiger partial charge is 0.325 e. The number of benzene rings is 1. The van der Waals surface area contributed by atoms with Crippen LogP contribution in [0.3, 0.4) is 0 Å². The van der Waals surface area contributed by atoms with Gasteiger partial charge in [-0.1, -0.05) is 24.8 Å². The zero-order valence-corrected chi connectivity index (χ0v) is 17.2. The molecule has 0 saturated heterocycles. The maximum absolute atomic E-state index is 12.8. The molecule has 1 aliphatic carbocycles. The standard InChI is InChI=1S/C20H18F3N3OS2/c1-11-5-6-14-15(7-11)29-19-17(14)18(24-10-25-19)28-9-16(27)26-13-4-2-3-12(8-13)20(21,22)23/h2-4,8,10-11H,5-7,9H2,1H3,(H,26,27)/t11-/m0/s1. The highest BCUT2D eigenvalue weighted by atomic mass is 32.2. The number of aromatic nitrogens is 2. The quantitative estimate of drug-likeness (QED) is 0.429. The first-order valence-corrected chi connectivity index (χ1v) is 11.0. The third-order valence-corrected chi connectivity index (χ3v) is 7.02. The van der Waals surface area contributed by atoms with E-state index in [1.54, 1.807) is 11.3 Å². The van der Waals surface area contributed by atoms with Crippen molar-refractivity contribution in [1.29, 1.82) is 0 Å². The number of thiophene rings is 1. The first kappa shape index (κ1) is 20.2. The lowest BCUT2D eigenvalue weighted by atomic mass is 9.89. The molecule has 1 amide bonds. The number of alkyl halides is 3. The van der Waals surface area contributed by atoms with E-state index in [1.807, 2.05) is 0 Å². The predicted molar refractivity (Wildman–Crippen MR) is 109 cm³/mol. The van der Waals surface area contributed by atoms with E-state index in [4.69, 9.17) is 0 Å². The van der Waals surface area contributed by atoms with Crippen LogP contribution in [0.1, 0.15) is 29.3 Å². The lowest BCUT2D eigenvalue weighted by molar-refractivity contribution is -0.137. The molecular formula is C20H18F3N3OS2. The molecule has 0 aliphatic heterocycles. The summed E-state index contributed by atoms with van der Waals surface area (Å²) >= 11 is 2.97. The van der Waals surface area contributed by atoms with E-state index in [9.17, 15) is 18.0 Å². The second kappa shape index (κ2) is 7.95. The number of nitrogens with zero attached hydrogens (tertiary/aromatic N) is 2. The van der Waals surface area contributed by atoms with Gasteiger partial charge in [-0.25, -0.2) is 9.97 Å². The fourth-order valence-corrected chi connectivity index (χ4v) is 5.70. The Kier molecular flexibility index (Phi) is 5.52. The van der Waals surface area contributed by atoms with E-state index in [1.165, 1.54) is 40.7 Å². The SMILES string of the molecule is C[C@H]1CCc2c(sc3ncnc(SCC(=O)Nc4cccc(C(F)(F)F)c4)c23)C1. The van der Waals surface area contributed by atoms with Crippen molar-refractivity contribution in [3.8, 4) is 0 Å². The zero-order valence-electron chi connectivity index (χ0n) is 15.5. The lowest BCUT2D eigenvalue weighted by Crippen LogP contribution is -2.15. The second-order valence-corrected chi connectivity index (χ2v) is 9.17. The third kappa shape index (κ3) is 4.40. The molecule has 0 unspecified atom stereocenters. The van der Waals surface area contributed by atoms with Gasteiger partial charge >= 0.3 is 6.18 Å². The second-order valence-electron chi connectivity index (χ2n) is 7.13. The minimum Gasteiger partial charge on any atom is -0.325 e. The largest absolute Gasteiger partial charge is 0.416 e. The maximum Gasteiger partial charge on any atom is 0.416 e. The van der Waals surface area contributed by atoms with Crippen LogP contribution in [0.15, 0.2) is 35.6 Å². The average Bonchev–Trinajstić information content (AvgIpc) is 3.04. The summed E-state index contributed by atoms with van der Waals surface area (Å²) in [7, 11) is 0. The summed E-state index contributed by atoms with van der Waals surface area (Å²) in [4.78, 5) is 23.3. The first-order chi connectivity index (χ1) is 13.8. The van der Waals surface area contributed by atoms with Gasteiger partial charge in [0.25, 0.3) is 0 Å². The number of fused-ring (bicyclic) bond motifs is 3.